The van der Waals surface area contributed by atoms with Crippen LogP contribution < -0.4 is 14.4 Å². The van der Waals surface area contributed by atoms with Gasteiger partial charge in [-0.3, -0.25) is 9.36 Å². The number of sulfone groups is 1. The first-order chi connectivity index (χ1) is 31.3. The van der Waals surface area contributed by atoms with Gasteiger partial charge in [0, 0.05) is 64.6 Å². The lowest BCUT2D eigenvalue weighted by molar-refractivity contribution is -0.144. The van der Waals surface area contributed by atoms with E-state index in [1.165, 1.54) is 5.56 Å². The molecule has 0 aliphatic carbocycles. The first-order valence-electron chi connectivity index (χ1n) is 22.4. The fraction of sp³-hybridized carbons (Fsp3) is 0.420. The maximum atomic E-state index is 14.4. The van der Waals surface area contributed by atoms with E-state index in [-0.39, 0.29) is 16.5 Å². The lowest BCUT2D eigenvalue weighted by Gasteiger charge is -2.39. The summed E-state index contributed by atoms with van der Waals surface area (Å²) in [6.07, 6.45) is 2.30. The van der Waals surface area contributed by atoms with Crippen molar-refractivity contribution in [1.82, 2.24) is 19.6 Å². The van der Waals surface area contributed by atoms with E-state index in [4.69, 9.17) is 30.6 Å². The monoisotopic (exact) mass is 969 g/mol. The van der Waals surface area contributed by atoms with Crippen molar-refractivity contribution in [1.29, 1.82) is 0 Å². The zero-order valence-electron chi connectivity index (χ0n) is 39.1. The molecule has 4 heterocycles. The van der Waals surface area contributed by atoms with E-state index in [1.807, 2.05) is 35.0 Å². The number of thioether (sulfide) groups is 1. The number of aryl methyl sites for hydroxylation is 2. The van der Waals surface area contributed by atoms with Crippen molar-refractivity contribution in [3.8, 4) is 11.5 Å². The predicted molar refractivity (Wildman–Crippen MR) is 265 cm³/mol. The fourth-order valence-corrected chi connectivity index (χ4v) is 12.7. The number of halogens is 1. The van der Waals surface area contributed by atoms with Gasteiger partial charge in [0.2, 0.25) is 0 Å². The molecule has 16 heteroatoms. The molecule has 66 heavy (non-hydrogen) atoms. The summed E-state index contributed by atoms with van der Waals surface area (Å²) in [6.45, 7) is 12.1. The molecule has 2 atom stereocenters. The number of rotatable bonds is 18. The van der Waals surface area contributed by atoms with E-state index in [0.717, 1.165) is 56.3 Å². The van der Waals surface area contributed by atoms with E-state index >= 15 is 0 Å². The first kappa shape index (κ1) is 47.7. The molecule has 0 saturated carbocycles. The molecular weight excluding hydrogens is 910 g/mol. The number of benzene rings is 4. The van der Waals surface area contributed by atoms with Crippen LogP contribution in [0.2, 0.25) is 23.2 Å². The van der Waals surface area contributed by atoms with Crippen LogP contribution in [0.5, 0.6) is 11.5 Å². The number of fused-ring (bicyclic) bond motifs is 3. The van der Waals surface area contributed by atoms with Crippen LogP contribution in [0.3, 0.4) is 0 Å². The van der Waals surface area contributed by atoms with E-state index in [2.05, 4.69) is 75.4 Å². The van der Waals surface area contributed by atoms with Crippen LogP contribution in [-0.4, -0.2) is 68.1 Å². The highest BCUT2D eigenvalue weighted by Gasteiger charge is 2.60. The standard InChI is InChI=1S/C50H60ClN5O7S2Si/c1-49(2,3)66(7,8)63-29-37-27-36(52-55(37)5)31-65(59,60)32-43-47(44-16-11-23-56(44)53-43)50(48(57)58)42(41-22-19-35(51)26-45(41)54(50)4)15-12-24-62-46-28-39(25-34-13-9-10-14-40(34)46)64-30-33-17-20-38(61-6)21-18-33/h9-10,13-14,17-22,25-28,42H,11-12,15-16,23-24,29-32H2,1-8H3,(H,57,58). The first-order valence-corrected chi connectivity index (χ1v) is 28.5. The van der Waals surface area contributed by atoms with Crippen molar-refractivity contribution in [3.05, 3.63) is 129 Å². The number of hydrogen-bond donors (Lipinski definition) is 1. The minimum Gasteiger partial charge on any atom is -0.497 e. The molecule has 350 valence electrons. The highest BCUT2D eigenvalue weighted by Crippen LogP contribution is 2.57. The fourth-order valence-electron chi connectivity index (χ4n) is 9.33. The summed E-state index contributed by atoms with van der Waals surface area (Å²) in [7, 11) is -0.732. The van der Waals surface area contributed by atoms with Crippen LogP contribution >= 0.6 is 23.4 Å². The number of carboxylic acid groups (broad SMARTS) is 1. The second-order valence-corrected chi connectivity index (χ2v) is 27.4. The normalized spacial score (nSPS) is 17.3. The van der Waals surface area contributed by atoms with Gasteiger partial charge >= 0.3 is 5.97 Å². The van der Waals surface area contributed by atoms with Crippen LogP contribution in [-0.2, 0) is 68.5 Å². The number of ether oxygens (including phenoxy) is 2. The Balaban J connectivity index is 1.07. The van der Waals surface area contributed by atoms with Gasteiger partial charge in [-0.15, -0.1) is 11.8 Å². The number of carboxylic acids is 1. The van der Waals surface area contributed by atoms with E-state index in [9.17, 15) is 18.3 Å². The van der Waals surface area contributed by atoms with E-state index in [0.29, 0.717) is 61.0 Å². The van der Waals surface area contributed by atoms with Crippen LogP contribution in [0, 0.1) is 0 Å². The second kappa shape index (κ2) is 18.7. The average Bonchev–Trinajstić information content (AvgIpc) is 4.01. The van der Waals surface area contributed by atoms with Crippen molar-refractivity contribution in [2.24, 2.45) is 7.05 Å². The third-order valence-electron chi connectivity index (χ3n) is 13.8. The van der Waals surface area contributed by atoms with Crippen LogP contribution in [0.25, 0.3) is 10.8 Å². The molecule has 1 N–H and O–H groups in total. The van der Waals surface area contributed by atoms with Gasteiger partial charge in [-0.1, -0.05) is 74.8 Å². The summed E-state index contributed by atoms with van der Waals surface area (Å²) in [5.41, 5.74) is 3.68. The molecule has 0 spiro atoms. The summed E-state index contributed by atoms with van der Waals surface area (Å²) in [5.74, 6) is -0.0799. The zero-order valence-corrected chi connectivity index (χ0v) is 42.4. The molecule has 8 rings (SSSR count). The van der Waals surface area contributed by atoms with Crippen molar-refractivity contribution in [2.45, 2.75) is 111 Å². The van der Waals surface area contributed by atoms with E-state index < -0.39 is 41.3 Å². The van der Waals surface area contributed by atoms with Crippen molar-refractivity contribution in [3.63, 3.8) is 0 Å². The minimum atomic E-state index is -3.90. The molecule has 0 bridgehead atoms. The SMILES string of the molecule is COc1ccc(CSc2cc(OCCCC3c4ccc(Cl)cc4N(C)C3(C(=O)O)c3c(CS(=O)(=O)Cc4cc(CO[Si](C)(C)C(C)(C)C)n(C)n4)nn4c3CCC4)c3ccccc3c2)cc1. The summed E-state index contributed by atoms with van der Waals surface area (Å²) in [5, 5.41) is 23.8. The van der Waals surface area contributed by atoms with Crippen molar-refractivity contribution >= 4 is 63.9 Å². The van der Waals surface area contributed by atoms with Gasteiger partial charge in [0.05, 0.1) is 48.9 Å². The number of aliphatic carboxylic acids is 1. The lowest BCUT2D eigenvalue weighted by Crippen LogP contribution is -2.52. The molecule has 0 radical (unpaired) electrons. The number of nitrogens with zero attached hydrogens (tertiary/aromatic N) is 5. The molecule has 2 aliphatic rings. The van der Waals surface area contributed by atoms with Gasteiger partial charge in [0.1, 0.15) is 11.5 Å². The summed E-state index contributed by atoms with van der Waals surface area (Å²) in [4.78, 5) is 17.2. The second-order valence-electron chi connectivity index (χ2n) is 19.1. The molecule has 6 aromatic rings. The topological polar surface area (TPSA) is 138 Å². The largest absolute Gasteiger partial charge is 0.497 e. The van der Waals surface area contributed by atoms with E-state index in [1.54, 1.807) is 60.7 Å². The Kier molecular flexibility index (Phi) is 13.5. The number of aromatic nitrogens is 4. The lowest BCUT2D eigenvalue weighted by atomic mass is 9.73. The molecule has 2 aliphatic heterocycles. The molecule has 0 amide bonds. The molecule has 0 fully saturated rings. The van der Waals surface area contributed by atoms with Gasteiger partial charge in [0.15, 0.2) is 23.7 Å². The quantitative estimate of drug-likeness (QED) is 0.0500. The Labute approximate surface area is 398 Å². The number of methoxy groups -OCH3 is 1. The molecule has 2 aromatic heterocycles. The van der Waals surface area contributed by atoms with Gasteiger partial charge in [0.25, 0.3) is 0 Å². The number of anilines is 1. The number of carbonyl (C=O) groups is 1. The number of hydrogen-bond acceptors (Lipinski definition) is 10. The summed E-state index contributed by atoms with van der Waals surface area (Å²) >= 11 is 8.34. The maximum absolute atomic E-state index is 14.4. The highest BCUT2D eigenvalue weighted by molar-refractivity contribution is 7.98. The molecule has 12 nitrogen and oxygen atoms in total. The van der Waals surface area contributed by atoms with Gasteiger partial charge in [-0.25, -0.2) is 13.2 Å². The Morgan fingerprint density at radius 1 is 1.00 bits per heavy atom. The van der Waals surface area contributed by atoms with Crippen molar-refractivity contribution in [2.75, 3.05) is 25.7 Å². The van der Waals surface area contributed by atoms with Gasteiger partial charge < -0.3 is 23.9 Å². The highest BCUT2D eigenvalue weighted by atomic mass is 35.5. The summed E-state index contributed by atoms with van der Waals surface area (Å²) < 4.78 is 50.5. The third-order valence-corrected chi connectivity index (χ3v) is 21.0. The predicted octanol–water partition coefficient (Wildman–Crippen LogP) is 10.7. The Hall–Kier alpha value is -4.80. The number of likely N-dealkylation sites (N-methyl/N-ethyl adjacent to an activating group) is 1. The van der Waals surface area contributed by atoms with Crippen LogP contribution in [0.4, 0.5) is 5.69 Å². The Morgan fingerprint density at radius 2 is 1.76 bits per heavy atom. The minimum absolute atomic E-state index is 0.0161. The summed E-state index contributed by atoms with van der Waals surface area (Å²) in [6, 6.07) is 27.8. The van der Waals surface area contributed by atoms with Crippen LogP contribution in [0.15, 0.2) is 89.8 Å². The van der Waals surface area contributed by atoms with Crippen molar-refractivity contribution < 1.29 is 32.2 Å². The Bertz CT molecular complexity index is 2880. The Morgan fingerprint density at radius 3 is 2.48 bits per heavy atom. The molecule has 2 unspecified atom stereocenters. The molecule has 0 saturated heterocycles. The van der Waals surface area contributed by atoms with Gasteiger partial charge in [-0.2, -0.15) is 10.2 Å². The maximum Gasteiger partial charge on any atom is 0.335 e. The zero-order chi connectivity index (χ0) is 47.2. The van der Waals surface area contributed by atoms with Crippen LogP contribution in [0.1, 0.15) is 85.4 Å². The molecular formula is C50H60ClN5O7S2Si. The molecule has 4 aromatic carbocycles. The average molecular weight is 971 g/mol. The smallest absolute Gasteiger partial charge is 0.335 e. The third kappa shape index (κ3) is 9.38. The van der Waals surface area contributed by atoms with Gasteiger partial charge in [-0.05, 0) is 103 Å².